The van der Waals surface area contributed by atoms with Crippen molar-refractivity contribution in [3.05, 3.63) is 12.8 Å². The minimum atomic E-state index is -1.27. The zero-order valence-corrected chi connectivity index (χ0v) is 5.86. The smallest absolute Gasteiger partial charge is 0.277 e. The standard InChI is InChI=1S/C6H4N2O4/c1-2-8-5(11)3(9)4(10)7-6(8)12/h2H,1H2,(H,7,10,12). The molecule has 0 unspecified atom stereocenters. The average Bonchev–Trinajstić information content (AvgIpc) is 2.01. The van der Waals surface area contributed by atoms with Crippen molar-refractivity contribution in [2.75, 3.05) is 0 Å². The first kappa shape index (κ1) is 8.12. The van der Waals surface area contributed by atoms with Gasteiger partial charge in [0.1, 0.15) is 0 Å². The number of Topliss-reactive ketones (excluding diaryl/α,β-unsaturated/α-hetero) is 1. The quantitative estimate of drug-likeness (QED) is 0.497. The van der Waals surface area contributed by atoms with Crippen molar-refractivity contribution < 1.29 is 19.2 Å². The number of ketones is 1. The molecule has 0 radical (unpaired) electrons. The molecular weight excluding hydrogens is 164 g/mol. The fraction of sp³-hybridized carbons (Fsp3) is 0. The Morgan fingerprint density at radius 2 is 1.83 bits per heavy atom. The Bertz CT molecular complexity index is 307. The number of hydrogen-bond donors (Lipinski definition) is 1. The van der Waals surface area contributed by atoms with E-state index in [4.69, 9.17) is 0 Å². The highest BCUT2D eigenvalue weighted by atomic mass is 16.2. The van der Waals surface area contributed by atoms with Crippen LogP contribution in [0.1, 0.15) is 0 Å². The molecule has 0 saturated carbocycles. The Balaban J connectivity index is 3.02. The number of nitrogens with zero attached hydrogens (tertiary/aromatic N) is 1. The van der Waals surface area contributed by atoms with Gasteiger partial charge in [0.25, 0.3) is 0 Å². The van der Waals surface area contributed by atoms with Crippen LogP contribution in [-0.4, -0.2) is 28.5 Å². The van der Waals surface area contributed by atoms with Gasteiger partial charge in [0, 0.05) is 6.20 Å². The maximum Gasteiger partial charge on any atom is 0.335 e. The van der Waals surface area contributed by atoms with Crippen molar-refractivity contribution >= 4 is 23.6 Å². The van der Waals surface area contributed by atoms with Gasteiger partial charge in [-0.2, -0.15) is 0 Å². The maximum absolute atomic E-state index is 10.8. The van der Waals surface area contributed by atoms with Crippen LogP contribution >= 0.6 is 0 Å². The van der Waals surface area contributed by atoms with Gasteiger partial charge < -0.3 is 0 Å². The largest absolute Gasteiger partial charge is 0.335 e. The molecular formula is C6H4N2O4. The molecule has 1 heterocycles. The van der Waals surface area contributed by atoms with Crippen molar-refractivity contribution in [2.45, 2.75) is 0 Å². The summed E-state index contributed by atoms with van der Waals surface area (Å²) in [6.45, 7) is 3.13. The molecule has 0 bridgehead atoms. The highest BCUT2D eigenvalue weighted by Gasteiger charge is 2.37. The molecule has 0 aromatic rings. The van der Waals surface area contributed by atoms with Crippen LogP contribution in [0.3, 0.4) is 0 Å². The summed E-state index contributed by atoms with van der Waals surface area (Å²) in [5.74, 6) is -3.66. The molecule has 1 fully saturated rings. The van der Waals surface area contributed by atoms with Gasteiger partial charge >= 0.3 is 23.6 Å². The molecule has 6 heteroatoms. The van der Waals surface area contributed by atoms with Gasteiger partial charge in [-0.3, -0.25) is 19.7 Å². The van der Waals surface area contributed by atoms with E-state index in [1.54, 1.807) is 5.32 Å². The van der Waals surface area contributed by atoms with E-state index in [0.29, 0.717) is 4.90 Å². The number of urea groups is 1. The molecule has 1 aliphatic heterocycles. The lowest BCUT2D eigenvalue weighted by Gasteiger charge is -2.18. The van der Waals surface area contributed by atoms with Crippen LogP contribution in [-0.2, 0) is 14.4 Å². The van der Waals surface area contributed by atoms with E-state index in [-0.39, 0.29) is 0 Å². The summed E-state index contributed by atoms with van der Waals surface area (Å²) < 4.78 is 0. The van der Waals surface area contributed by atoms with E-state index in [1.165, 1.54) is 0 Å². The Morgan fingerprint density at radius 1 is 1.25 bits per heavy atom. The van der Waals surface area contributed by atoms with Crippen molar-refractivity contribution in [1.82, 2.24) is 10.2 Å². The summed E-state index contributed by atoms with van der Waals surface area (Å²) in [7, 11) is 0. The number of imide groups is 2. The molecule has 0 aliphatic carbocycles. The fourth-order valence-corrected chi connectivity index (χ4v) is 0.679. The van der Waals surface area contributed by atoms with Gasteiger partial charge in [-0.15, -0.1) is 0 Å². The number of amides is 4. The van der Waals surface area contributed by atoms with Crippen molar-refractivity contribution in [3.63, 3.8) is 0 Å². The predicted octanol–water partition coefficient (Wildman–Crippen LogP) is -1.22. The van der Waals surface area contributed by atoms with Gasteiger partial charge in [0.05, 0.1) is 0 Å². The Labute approximate surface area is 66.8 Å². The summed E-state index contributed by atoms with van der Waals surface area (Å²) >= 11 is 0. The van der Waals surface area contributed by atoms with E-state index in [0.717, 1.165) is 6.20 Å². The van der Waals surface area contributed by atoms with Crippen LogP contribution in [0.5, 0.6) is 0 Å². The zero-order valence-electron chi connectivity index (χ0n) is 5.86. The van der Waals surface area contributed by atoms with Gasteiger partial charge in [-0.1, -0.05) is 6.58 Å². The lowest BCUT2D eigenvalue weighted by Crippen LogP contribution is -2.56. The number of barbiturate groups is 1. The third kappa shape index (κ3) is 0.986. The molecule has 0 aromatic heterocycles. The number of rotatable bonds is 1. The summed E-state index contributed by atoms with van der Waals surface area (Å²) in [6.07, 6.45) is 0.863. The third-order valence-corrected chi connectivity index (χ3v) is 1.24. The molecule has 1 saturated heterocycles. The normalized spacial score (nSPS) is 17.8. The fourth-order valence-electron chi connectivity index (χ4n) is 0.679. The van der Waals surface area contributed by atoms with Gasteiger partial charge in [0.2, 0.25) is 0 Å². The molecule has 1 rings (SSSR count). The first-order valence-electron chi connectivity index (χ1n) is 2.93. The summed E-state index contributed by atoms with van der Waals surface area (Å²) in [5, 5.41) is 1.67. The van der Waals surface area contributed by atoms with Crippen molar-refractivity contribution in [2.24, 2.45) is 0 Å². The maximum atomic E-state index is 10.8. The van der Waals surface area contributed by atoms with Crippen LogP contribution < -0.4 is 5.32 Å². The van der Waals surface area contributed by atoms with Crippen LogP contribution in [0.4, 0.5) is 4.79 Å². The predicted molar refractivity (Wildman–Crippen MR) is 35.6 cm³/mol. The molecule has 1 N–H and O–H groups in total. The van der Waals surface area contributed by atoms with E-state index in [1.807, 2.05) is 0 Å². The van der Waals surface area contributed by atoms with Crippen LogP contribution in [0, 0.1) is 0 Å². The van der Waals surface area contributed by atoms with Gasteiger partial charge in [-0.25, -0.2) is 9.69 Å². The summed E-state index contributed by atoms with van der Waals surface area (Å²) in [5.41, 5.74) is 0. The highest BCUT2D eigenvalue weighted by molar-refractivity contribution is 6.66. The molecule has 62 valence electrons. The minimum absolute atomic E-state index is 0.434. The van der Waals surface area contributed by atoms with Gasteiger partial charge in [0.15, 0.2) is 0 Å². The van der Waals surface area contributed by atoms with Crippen molar-refractivity contribution in [3.8, 4) is 0 Å². The van der Waals surface area contributed by atoms with Crippen LogP contribution in [0.2, 0.25) is 0 Å². The first-order chi connectivity index (χ1) is 5.57. The van der Waals surface area contributed by atoms with Gasteiger partial charge in [-0.05, 0) is 0 Å². The molecule has 12 heavy (non-hydrogen) atoms. The van der Waals surface area contributed by atoms with E-state index >= 15 is 0 Å². The second-order valence-corrected chi connectivity index (χ2v) is 1.95. The van der Waals surface area contributed by atoms with E-state index < -0.39 is 23.6 Å². The SMILES string of the molecule is C=CN1C(=O)NC(=O)C(=O)C1=O. The molecule has 0 atom stereocenters. The first-order valence-corrected chi connectivity index (χ1v) is 2.93. The van der Waals surface area contributed by atoms with E-state index in [2.05, 4.69) is 6.58 Å². The van der Waals surface area contributed by atoms with Crippen LogP contribution in [0.25, 0.3) is 0 Å². The number of carbonyl (C=O) groups is 4. The Kier molecular flexibility index (Phi) is 1.74. The lowest BCUT2D eigenvalue weighted by molar-refractivity contribution is -0.149. The Morgan fingerprint density at radius 3 is 2.33 bits per heavy atom. The average molecular weight is 168 g/mol. The second-order valence-electron chi connectivity index (χ2n) is 1.95. The summed E-state index contributed by atoms with van der Waals surface area (Å²) in [6, 6.07) is -0.959. The molecule has 0 spiro atoms. The summed E-state index contributed by atoms with van der Waals surface area (Å²) in [4.78, 5) is 43.1. The Hall–Kier alpha value is -1.98. The molecule has 0 aromatic carbocycles. The number of hydrogen-bond acceptors (Lipinski definition) is 4. The molecule has 4 amide bonds. The van der Waals surface area contributed by atoms with Crippen molar-refractivity contribution in [1.29, 1.82) is 0 Å². The van der Waals surface area contributed by atoms with Crippen LogP contribution in [0.15, 0.2) is 12.8 Å². The molecule has 1 aliphatic rings. The minimum Gasteiger partial charge on any atom is -0.277 e. The number of carbonyl (C=O) groups excluding carboxylic acids is 4. The zero-order chi connectivity index (χ0) is 9.30. The topological polar surface area (TPSA) is 83.6 Å². The highest BCUT2D eigenvalue weighted by Crippen LogP contribution is 1.98. The second kappa shape index (κ2) is 2.57. The third-order valence-electron chi connectivity index (χ3n) is 1.24. The molecule has 6 nitrogen and oxygen atoms in total. The number of nitrogens with one attached hydrogen (secondary N) is 1. The monoisotopic (exact) mass is 168 g/mol. The van der Waals surface area contributed by atoms with E-state index in [9.17, 15) is 19.2 Å². The lowest BCUT2D eigenvalue weighted by atomic mass is 10.3.